The van der Waals surface area contributed by atoms with Crippen LogP contribution in [0.4, 0.5) is 0 Å². The molecule has 0 fully saturated rings. The van der Waals surface area contributed by atoms with E-state index in [2.05, 4.69) is 10.3 Å². The lowest BCUT2D eigenvalue weighted by atomic mass is 10.0. The maximum atomic E-state index is 13.0. The maximum absolute atomic E-state index is 13.0. The first-order valence-electron chi connectivity index (χ1n) is 10.7. The molecule has 1 atom stereocenters. The molecule has 34 heavy (non-hydrogen) atoms. The van der Waals surface area contributed by atoms with Crippen LogP contribution < -0.4 is 29.0 Å². The minimum atomic E-state index is -0.532. The van der Waals surface area contributed by atoms with E-state index >= 15 is 0 Å². The molecule has 178 valence electrons. The van der Waals surface area contributed by atoms with E-state index in [1.54, 1.807) is 45.7 Å². The van der Waals surface area contributed by atoms with Gasteiger partial charge in [-0.15, -0.1) is 0 Å². The molecule has 1 aliphatic heterocycles. The van der Waals surface area contributed by atoms with Gasteiger partial charge in [0, 0.05) is 31.6 Å². The van der Waals surface area contributed by atoms with Gasteiger partial charge in [0.15, 0.2) is 11.5 Å². The molecule has 1 aliphatic rings. The van der Waals surface area contributed by atoms with Crippen molar-refractivity contribution in [1.82, 2.24) is 14.9 Å². The molecule has 1 unspecified atom stereocenters. The predicted molar refractivity (Wildman–Crippen MR) is 126 cm³/mol. The molecule has 4 rings (SSSR count). The maximum Gasteiger partial charge on any atom is 0.244 e. The van der Waals surface area contributed by atoms with Gasteiger partial charge in [0.25, 0.3) is 0 Å². The highest BCUT2D eigenvalue weighted by Crippen LogP contribution is 2.40. The lowest BCUT2D eigenvalue weighted by Gasteiger charge is -2.21. The third-order valence-electron chi connectivity index (χ3n) is 5.39. The zero-order valence-corrected chi connectivity index (χ0v) is 19.5. The van der Waals surface area contributed by atoms with E-state index in [-0.39, 0.29) is 5.91 Å². The van der Waals surface area contributed by atoms with Gasteiger partial charge < -0.3 is 33.6 Å². The third-order valence-corrected chi connectivity index (χ3v) is 5.39. The molecular formula is C25H27N3O6. The molecule has 1 amide bonds. The number of nitrogens with zero attached hydrogens (tertiary/aromatic N) is 2. The summed E-state index contributed by atoms with van der Waals surface area (Å²) in [6, 6.07) is 8.53. The fourth-order valence-corrected chi connectivity index (χ4v) is 3.70. The molecule has 0 radical (unpaired) electrons. The second-order valence-corrected chi connectivity index (χ2v) is 7.56. The Morgan fingerprint density at radius 3 is 2.44 bits per heavy atom. The molecular weight excluding hydrogens is 438 g/mol. The number of rotatable bonds is 8. The summed E-state index contributed by atoms with van der Waals surface area (Å²) in [6.45, 7) is 0.920. The number of imidazole rings is 1. The number of hydrogen-bond acceptors (Lipinski definition) is 7. The molecule has 0 saturated carbocycles. The first-order valence-corrected chi connectivity index (χ1v) is 10.7. The first-order chi connectivity index (χ1) is 16.5. The van der Waals surface area contributed by atoms with Crippen molar-refractivity contribution in [1.29, 1.82) is 0 Å². The lowest BCUT2D eigenvalue weighted by molar-refractivity contribution is -0.117. The predicted octanol–water partition coefficient (Wildman–Crippen LogP) is 3.14. The van der Waals surface area contributed by atoms with Crippen LogP contribution in [0.2, 0.25) is 0 Å². The van der Waals surface area contributed by atoms with Crippen molar-refractivity contribution in [2.24, 2.45) is 7.05 Å². The number of fused-ring (bicyclic) bond motifs is 1. The Bertz CT molecular complexity index is 1160. The summed E-state index contributed by atoms with van der Waals surface area (Å²) >= 11 is 0. The Labute approximate surface area is 197 Å². The van der Waals surface area contributed by atoms with Gasteiger partial charge >= 0.3 is 0 Å². The van der Waals surface area contributed by atoms with Crippen LogP contribution in [0.15, 0.2) is 48.8 Å². The first kappa shape index (κ1) is 23.0. The van der Waals surface area contributed by atoms with Crippen molar-refractivity contribution in [3.05, 3.63) is 65.8 Å². The highest BCUT2D eigenvalue weighted by molar-refractivity contribution is 5.92. The number of carbonyl (C=O) groups excluding carboxylic acids is 1. The summed E-state index contributed by atoms with van der Waals surface area (Å²) in [7, 11) is 6.60. The minimum absolute atomic E-state index is 0.302. The summed E-state index contributed by atoms with van der Waals surface area (Å²) in [5, 5.41) is 3.03. The Kier molecular flexibility index (Phi) is 6.91. The molecule has 2 heterocycles. The smallest absolute Gasteiger partial charge is 0.244 e. The Morgan fingerprint density at radius 1 is 1.06 bits per heavy atom. The van der Waals surface area contributed by atoms with Crippen LogP contribution in [-0.4, -0.2) is 50.0 Å². The van der Waals surface area contributed by atoms with E-state index in [0.29, 0.717) is 47.8 Å². The zero-order chi connectivity index (χ0) is 24.1. The lowest BCUT2D eigenvalue weighted by Crippen LogP contribution is -2.29. The fraction of sp³-hybridized carbons (Fsp3) is 0.280. The van der Waals surface area contributed by atoms with Gasteiger partial charge in [-0.25, -0.2) is 4.98 Å². The summed E-state index contributed by atoms with van der Waals surface area (Å²) in [5.74, 6) is 3.29. The summed E-state index contributed by atoms with van der Waals surface area (Å²) in [5.41, 5.74) is 1.51. The standard InChI is InChI=1S/C25H27N3O6/c1-28-8-7-26-25(28)23(17-13-18(30-2)15-19(14-17)31-3)27-22(29)6-5-16-11-20(32-4)24-21(12-16)33-9-10-34-24/h5-8,11-15,23H,9-10H2,1-4H3,(H,27,29)/b6-5+. The van der Waals surface area contributed by atoms with Crippen LogP contribution in [0.3, 0.4) is 0 Å². The van der Waals surface area contributed by atoms with Gasteiger partial charge in [-0.3, -0.25) is 4.79 Å². The van der Waals surface area contributed by atoms with Crippen molar-refractivity contribution in [2.75, 3.05) is 34.5 Å². The van der Waals surface area contributed by atoms with Crippen molar-refractivity contribution in [3.63, 3.8) is 0 Å². The van der Waals surface area contributed by atoms with Gasteiger partial charge in [0.1, 0.15) is 36.6 Å². The summed E-state index contributed by atoms with van der Waals surface area (Å²) in [4.78, 5) is 17.4. The topological polar surface area (TPSA) is 93.1 Å². The average Bonchev–Trinajstić information content (AvgIpc) is 3.30. The quantitative estimate of drug-likeness (QED) is 0.511. The van der Waals surface area contributed by atoms with Crippen LogP contribution in [0.1, 0.15) is 23.0 Å². The monoisotopic (exact) mass is 465 g/mol. The van der Waals surface area contributed by atoms with Gasteiger partial charge in [-0.2, -0.15) is 0 Å². The van der Waals surface area contributed by atoms with Crippen LogP contribution in [0.5, 0.6) is 28.7 Å². The molecule has 0 bridgehead atoms. The van der Waals surface area contributed by atoms with Gasteiger partial charge in [-0.05, 0) is 41.5 Å². The van der Waals surface area contributed by atoms with Crippen LogP contribution in [0, 0.1) is 0 Å². The largest absolute Gasteiger partial charge is 0.497 e. The molecule has 0 saturated heterocycles. The molecule has 9 nitrogen and oxygen atoms in total. The number of hydrogen-bond donors (Lipinski definition) is 1. The van der Waals surface area contributed by atoms with E-state index in [1.165, 1.54) is 6.08 Å². The van der Waals surface area contributed by atoms with Gasteiger partial charge in [-0.1, -0.05) is 0 Å². The number of carbonyl (C=O) groups is 1. The SMILES string of the molecule is COc1cc(OC)cc(C(NC(=O)/C=C/c2cc(OC)c3c(c2)OCCO3)c2nccn2C)c1. The van der Waals surface area contributed by atoms with E-state index in [4.69, 9.17) is 23.7 Å². The number of aromatic nitrogens is 2. The molecule has 1 aromatic heterocycles. The van der Waals surface area contributed by atoms with E-state index < -0.39 is 6.04 Å². The van der Waals surface area contributed by atoms with Crippen molar-refractivity contribution in [2.45, 2.75) is 6.04 Å². The molecule has 2 aromatic carbocycles. The molecule has 3 aromatic rings. The second kappa shape index (κ2) is 10.2. The third kappa shape index (κ3) is 4.93. The van der Waals surface area contributed by atoms with E-state index in [0.717, 1.165) is 11.1 Å². The van der Waals surface area contributed by atoms with Crippen LogP contribution in [0.25, 0.3) is 6.08 Å². The molecule has 0 aliphatic carbocycles. The minimum Gasteiger partial charge on any atom is -0.497 e. The number of ether oxygens (including phenoxy) is 5. The Morgan fingerprint density at radius 2 is 1.79 bits per heavy atom. The average molecular weight is 466 g/mol. The van der Waals surface area contributed by atoms with Crippen LogP contribution in [-0.2, 0) is 11.8 Å². The summed E-state index contributed by atoms with van der Waals surface area (Å²) in [6.07, 6.45) is 6.66. The zero-order valence-electron chi connectivity index (χ0n) is 19.5. The molecule has 9 heteroatoms. The van der Waals surface area contributed by atoms with Gasteiger partial charge in [0.05, 0.1) is 21.3 Å². The molecule has 0 spiro atoms. The highest BCUT2D eigenvalue weighted by atomic mass is 16.6. The second-order valence-electron chi connectivity index (χ2n) is 7.56. The summed E-state index contributed by atoms with van der Waals surface area (Å²) < 4.78 is 29.4. The normalized spacial score (nSPS) is 13.4. The number of amides is 1. The number of aryl methyl sites for hydroxylation is 1. The van der Waals surface area contributed by atoms with Crippen molar-refractivity contribution < 1.29 is 28.5 Å². The fourth-order valence-electron chi connectivity index (χ4n) is 3.70. The van der Waals surface area contributed by atoms with Crippen molar-refractivity contribution in [3.8, 4) is 28.7 Å². The Hall–Kier alpha value is -4.14. The number of nitrogens with one attached hydrogen (secondary N) is 1. The van der Waals surface area contributed by atoms with Gasteiger partial charge in [0.2, 0.25) is 11.7 Å². The van der Waals surface area contributed by atoms with Crippen LogP contribution >= 0.6 is 0 Å². The van der Waals surface area contributed by atoms with E-state index in [9.17, 15) is 4.79 Å². The highest BCUT2D eigenvalue weighted by Gasteiger charge is 2.22. The number of methoxy groups -OCH3 is 3. The number of benzene rings is 2. The van der Waals surface area contributed by atoms with E-state index in [1.807, 2.05) is 36.0 Å². The molecule has 1 N–H and O–H groups in total. The van der Waals surface area contributed by atoms with Crippen molar-refractivity contribution >= 4 is 12.0 Å². The Balaban J connectivity index is 1.61.